The fourth-order valence-electron chi connectivity index (χ4n) is 1.95. The number of cyclic esters (lactones) is 1. The maximum Gasteiger partial charge on any atom is 0.407 e. The van der Waals surface area contributed by atoms with E-state index in [4.69, 9.17) is 18.9 Å². The number of benzene rings is 1. The first-order valence-electron chi connectivity index (χ1n) is 5.43. The van der Waals surface area contributed by atoms with Crippen LogP contribution in [0.15, 0.2) is 12.1 Å². The van der Waals surface area contributed by atoms with Crippen molar-refractivity contribution in [2.24, 2.45) is 0 Å². The average Bonchev–Trinajstić information content (AvgIpc) is 2.83. The number of hydrogen-bond acceptors (Lipinski definition) is 5. The Morgan fingerprint density at radius 3 is 2.32 bits per heavy atom. The molecule has 1 fully saturated rings. The van der Waals surface area contributed by atoms with Crippen molar-refractivity contribution in [1.29, 1.82) is 0 Å². The summed E-state index contributed by atoms with van der Waals surface area (Å²) in [5.74, 6) is 1.61. The number of amides is 1. The highest BCUT2D eigenvalue weighted by Crippen LogP contribution is 2.42. The molecule has 1 aromatic carbocycles. The van der Waals surface area contributed by atoms with E-state index in [2.05, 4.69) is 5.32 Å². The van der Waals surface area contributed by atoms with Gasteiger partial charge in [-0.15, -0.1) is 12.4 Å². The zero-order valence-electron chi connectivity index (χ0n) is 10.9. The van der Waals surface area contributed by atoms with Crippen LogP contribution in [-0.4, -0.2) is 34.0 Å². The van der Waals surface area contributed by atoms with Crippen molar-refractivity contribution < 1.29 is 23.7 Å². The molecular weight excluding hydrogens is 274 g/mol. The summed E-state index contributed by atoms with van der Waals surface area (Å²) in [6.45, 7) is 0.269. The average molecular weight is 290 g/mol. The molecule has 106 valence electrons. The lowest BCUT2D eigenvalue weighted by Gasteiger charge is -2.18. The Hall–Kier alpha value is -1.82. The molecule has 1 aromatic rings. The second-order valence-corrected chi connectivity index (χ2v) is 3.72. The first-order valence-corrected chi connectivity index (χ1v) is 5.43. The van der Waals surface area contributed by atoms with Crippen LogP contribution in [0.1, 0.15) is 11.6 Å². The third kappa shape index (κ3) is 2.78. The van der Waals surface area contributed by atoms with Gasteiger partial charge in [-0.25, -0.2) is 4.79 Å². The molecule has 2 rings (SSSR count). The maximum atomic E-state index is 11.1. The van der Waals surface area contributed by atoms with Gasteiger partial charge in [0.15, 0.2) is 11.5 Å². The quantitative estimate of drug-likeness (QED) is 0.917. The third-order valence-electron chi connectivity index (χ3n) is 2.78. The molecule has 1 heterocycles. The van der Waals surface area contributed by atoms with Crippen LogP contribution >= 0.6 is 12.4 Å². The maximum absolute atomic E-state index is 11.1. The molecule has 0 bridgehead atoms. The predicted octanol–water partition coefficient (Wildman–Crippen LogP) is 1.92. The Balaban J connectivity index is 0.00000180. The summed E-state index contributed by atoms with van der Waals surface area (Å²) in [6, 6.07) is 3.34. The van der Waals surface area contributed by atoms with E-state index in [9.17, 15) is 4.79 Å². The summed E-state index contributed by atoms with van der Waals surface area (Å²) in [4.78, 5) is 11.1. The molecule has 1 aliphatic heterocycles. The SMILES string of the molecule is COc1ccc([C@H]2COC(=O)N2)c(OC)c1OC.Cl. The second kappa shape index (κ2) is 6.38. The van der Waals surface area contributed by atoms with Gasteiger partial charge >= 0.3 is 6.09 Å². The van der Waals surface area contributed by atoms with Gasteiger partial charge in [-0.3, -0.25) is 0 Å². The Morgan fingerprint density at radius 2 is 1.84 bits per heavy atom. The van der Waals surface area contributed by atoms with Gasteiger partial charge in [0, 0.05) is 5.56 Å². The summed E-state index contributed by atoms with van der Waals surface area (Å²) in [5.41, 5.74) is 0.793. The highest BCUT2D eigenvalue weighted by Gasteiger charge is 2.29. The van der Waals surface area contributed by atoms with Crippen molar-refractivity contribution in [2.75, 3.05) is 27.9 Å². The lowest BCUT2D eigenvalue weighted by Crippen LogP contribution is -2.19. The Kier molecular flexibility index (Phi) is 5.11. The molecule has 1 aliphatic rings. The molecule has 0 spiro atoms. The van der Waals surface area contributed by atoms with Crippen LogP contribution in [0.25, 0.3) is 0 Å². The monoisotopic (exact) mass is 289 g/mol. The van der Waals surface area contributed by atoms with E-state index in [1.165, 1.54) is 7.11 Å². The summed E-state index contributed by atoms with van der Waals surface area (Å²) >= 11 is 0. The topological polar surface area (TPSA) is 66.0 Å². The summed E-state index contributed by atoms with van der Waals surface area (Å²) in [7, 11) is 4.63. The van der Waals surface area contributed by atoms with Crippen molar-refractivity contribution >= 4 is 18.5 Å². The van der Waals surface area contributed by atoms with E-state index >= 15 is 0 Å². The van der Waals surface area contributed by atoms with Crippen LogP contribution in [-0.2, 0) is 4.74 Å². The summed E-state index contributed by atoms with van der Waals surface area (Å²) < 4.78 is 20.7. The molecule has 0 saturated carbocycles. The lowest BCUT2D eigenvalue weighted by molar-refractivity contribution is 0.176. The smallest absolute Gasteiger partial charge is 0.407 e. The van der Waals surface area contributed by atoms with Crippen LogP contribution < -0.4 is 19.5 Å². The molecule has 0 unspecified atom stereocenters. The van der Waals surface area contributed by atoms with Gasteiger partial charge in [0.05, 0.1) is 27.4 Å². The van der Waals surface area contributed by atoms with Crippen LogP contribution in [0.4, 0.5) is 4.79 Å². The van der Waals surface area contributed by atoms with Crippen molar-refractivity contribution in [2.45, 2.75) is 6.04 Å². The van der Waals surface area contributed by atoms with Crippen LogP contribution in [0.2, 0.25) is 0 Å². The minimum atomic E-state index is -0.433. The van der Waals surface area contributed by atoms with Gasteiger partial charge in [-0.05, 0) is 12.1 Å². The second-order valence-electron chi connectivity index (χ2n) is 3.72. The van der Waals surface area contributed by atoms with Crippen molar-refractivity contribution in [3.05, 3.63) is 17.7 Å². The fourth-order valence-corrected chi connectivity index (χ4v) is 1.95. The molecule has 0 aliphatic carbocycles. The normalized spacial score (nSPS) is 17.0. The molecule has 0 aromatic heterocycles. The van der Waals surface area contributed by atoms with Gasteiger partial charge in [0.25, 0.3) is 0 Å². The molecular formula is C12H16ClNO5. The van der Waals surface area contributed by atoms with E-state index < -0.39 is 6.09 Å². The highest BCUT2D eigenvalue weighted by atomic mass is 35.5. The van der Waals surface area contributed by atoms with Gasteiger partial charge in [-0.1, -0.05) is 0 Å². The minimum Gasteiger partial charge on any atom is -0.493 e. The number of rotatable bonds is 4. The van der Waals surface area contributed by atoms with E-state index in [1.54, 1.807) is 20.3 Å². The number of ether oxygens (including phenoxy) is 4. The number of alkyl carbamates (subject to hydrolysis) is 1. The molecule has 1 atom stereocenters. The third-order valence-corrected chi connectivity index (χ3v) is 2.78. The molecule has 1 N–H and O–H groups in total. The van der Waals surface area contributed by atoms with Crippen LogP contribution in [0, 0.1) is 0 Å². The molecule has 19 heavy (non-hydrogen) atoms. The Bertz CT molecular complexity index is 466. The fraction of sp³-hybridized carbons (Fsp3) is 0.417. The van der Waals surface area contributed by atoms with Gasteiger partial charge in [0.1, 0.15) is 6.61 Å². The summed E-state index contributed by atoms with van der Waals surface area (Å²) in [6.07, 6.45) is -0.433. The van der Waals surface area contributed by atoms with E-state index in [-0.39, 0.29) is 25.1 Å². The first-order chi connectivity index (χ1) is 8.71. The summed E-state index contributed by atoms with van der Waals surface area (Å²) in [5, 5.41) is 2.70. The number of carbonyl (C=O) groups excluding carboxylic acids is 1. The van der Waals surface area contributed by atoms with Gasteiger partial charge < -0.3 is 24.3 Å². The Labute approximate surface area is 117 Å². The van der Waals surface area contributed by atoms with E-state index in [0.29, 0.717) is 17.2 Å². The van der Waals surface area contributed by atoms with Crippen molar-refractivity contribution in [1.82, 2.24) is 5.32 Å². The van der Waals surface area contributed by atoms with E-state index in [1.807, 2.05) is 6.07 Å². The zero-order chi connectivity index (χ0) is 13.1. The van der Waals surface area contributed by atoms with Crippen molar-refractivity contribution in [3.8, 4) is 17.2 Å². The predicted molar refractivity (Wildman–Crippen MR) is 70.6 cm³/mol. The van der Waals surface area contributed by atoms with Crippen LogP contribution in [0.3, 0.4) is 0 Å². The standard InChI is InChI=1S/C12H15NO5.ClH/c1-15-9-5-4-7(8-6-18-12(14)13-8)10(16-2)11(9)17-3;/h4-5,8H,6H2,1-3H3,(H,13,14);1H/t8-;/m1./s1. The molecule has 7 heteroatoms. The molecule has 6 nitrogen and oxygen atoms in total. The molecule has 1 amide bonds. The van der Waals surface area contributed by atoms with Crippen LogP contribution in [0.5, 0.6) is 17.2 Å². The zero-order valence-corrected chi connectivity index (χ0v) is 11.7. The first kappa shape index (κ1) is 15.2. The van der Waals surface area contributed by atoms with Crippen molar-refractivity contribution in [3.63, 3.8) is 0 Å². The minimum absolute atomic E-state index is 0. The number of halogens is 1. The van der Waals surface area contributed by atoms with E-state index in [0.717, 1.165) is 5.56 Å². The number of methoxy groups -OCH3 is 3. The largest absolute Gasteiger partial charge is 0.493 e. The number of hydrogen-bond donors (Lipinski definition) is 1. The van der Waals surface area contributed by atoms with Gasteiger partial charge in [0.2, 0.25) is 5.75 Å². The number of carbonyl (C=O) groups is 1. The highest BCUT2D eigenvalue weighted by molar-refractivity contribution is 5.85. The lowest BCUT2D eigenvalue weighted by atomic mass is 10.1. The molecule has 1 saturated heterocycles. The Morgan fingerprint density at radius 1 is 1.16 bits per heavy atom. The number of nitrogens with one attached hydrogen (secondary N) is 1. The van der Waals surface area contributed by atoms with Gasteiger partial charge in [-0.2, -0.15) is 0 Å². The molecule has 0 radical (unpaired) electrons.